The molecule has 0 saturated carbocycles. The van der Waals surface area contributed by atoms with Crippen molar-refractivity contribution in [1.82, 2.24) is 15.0 Å². The van der Waals surface area contributed by atoms with Crippen molar-refractivity contribution in [2.24, 2.45) is 0 Å². The van der Waals surface area contributed by atoms with Gasteiger partial charge in [0, 0.05) is 68.1 Å². The number of hydrogen-bond acceptors (Lipinski definition) is 5. The van der Waals surface area contributed by atoms with Gasteiger partial charge in [-0.05, 0) is 114 Å². The predicted molar refractivity (Wildman–Crippen MR) is 255 cm³/mol. The SMILES string of the molecule is [2H]C([2H])(c1ccc(-c2ccccc2)nc1)C([2H])([2H])c1cc(C([2H])([2H])C([2H])([2H])c2ccc(-c3ccccc3)nc2)cc(C([2H])([2H])C([2H])([2H])c2ccc(-c3cccc4c3oc3c(-c5ccccc5)c(C#N)ccc34)nc2)c1. The molecule has 63 heavy (non-hydrogen) atoms. The average Bonchev–Trinajstić information content (AvgIpc) is 3.84. The van der Waals surface area contributed by atoms with Crippen LogP contribution in [-0.2, 0) is 38.2 Å². The summed E-state index contributed by atoms with van der Waals surface area (Å²) in [5.74, 6) is 0. The van der Waals surface area contributed by atoms with E-state index in [0.717, 1.165) is 45.7 Å². The molecule has 0 spiro atoms. The van der Waals surface area contributed by atoms with Gasteiger partial charge in [0.1, 0.15) is 11.2 Å². The fraction of sp³-hybridized carbons (Fsp3) is 0.103. The number of benzene rings is 6. The van der Waals surface area contributed by atoms with Crippen molar-refractivity contribution in [1.29, 1.82) is 5.26 Å². The Labute approximate surface area is 384 Å². The quantitative estimate of drug-likeness (QED) is 0.116. The first-order valence-electron chi connectivity index (χ1n) is 26.3. The van der Waals surface area contributed by atoms with Gasteiger partial charge < -0.3 is 4.42 Å². The Morgan fingerprint density at radius 3 is 1.32 bits per heavy atom. The molecule has 0 radical (unpaired) electrons. The monoisotopic (exact) mass is 824 g/mol. The van der Waals surface area contributed by atoms with E-state index in [-0.39, 0.29) is 16.7 Å². The molecule has 302 valence electrons. The van der Waals surface area contributed by atoms with Crippen LogP contribution in [0.2, 0.25) is 0 Å². The number of rotatable bonds is 13. The minimum Gasteiger partial charge on any atom is -0.455 e. The topological polar surface area (TPSA) is 75.6 Å². The summed E-state index contributed by atoms with van der Waals surface area (Å²) in [6.07, 6.45) is -14.5. The van der Waals surface area contributed by atoms with Gasteiger partial charge in [0.2, 0.25) is 0 Å². The van der Waals surface area contributed by atoms with Crippen LogP contribution >= 0.6 is 0 Å². The highest BCUT2D eigenvalue weighted by Crippen LogP contribution is 2.41. The van der Waals surface area contributed by atoms with Crippen LogP contribution < -0.4 is 0 Å². The smallest absolute Gasteiger partial charge is 0.144 e. The van der Waals surface area contributed by atoms with Crippen molar-refractivity contribution in [2.75, 3.05) is 0 Å². The van der Waals surface area contributed by atoms with E-state index in [1.807, 2.05) is 109 Å². The lowest BCUT2D eigenvalue weighted by atomic mass is 9.94. The van der Waals surface area contributed by atoms with Gasteiger partial charge in [0.25, 0.3) is 0 Å². The molecule has 0 atom stereocenters. The molecule has 4 heterocycles. The maximum atomic E-state index is 10.1. The van der Waals surface area contributed by atoms with Gasteiger partial charge in [0.15, 0.2) is 0 Å². The van der Waals surface area contributed by atoms with Gasteiger partial charge >= 0.3 is 0 Å². The standard InChI is InChI=1S/C58H44N4O/c59-36-49-28-29-51-50-17-10-18-52(57(50)63-58(51)56(49)48-15-8-3-9-16-48)55-32-27-42(39-62-55)21-24-45-34-43(22-19-40-25-30-53(60-37-40)46-11-4-1-5-12-46)33-44(35-45)23-20-41-26-31-54(61-38-41)47-13-6-2-7-14-47/h1-18,25-35,37-39H,19-24H2/i19D2,20D2,21D2,22D2,23D2,24D2. The molecule has 10 aromatic rings. The Bertz CT molecular complexity index is 3650. The highest BCUT2D eigenvalue weighted by atomic mass is 16.3. The molecule has 4 aromatic heterocycles. The third kappa shape index (κ3) is 8.66. The average molecular weight is 825 g/mol. The molecule has 6 aromatic carbocycles. The summed E-state index contributed by atoms with van der Waals surface area (Å²) in [7, 11) is 0. The molecule has 10 rings (SSSR count). The number of fused-ring (bicyclic) bond motifs is 3. The summed E-state index contributed by atoms with van der Waals surface area (Å²) in [5.41, 5.74) is 3.81. The summed E-state index contributed by atoms with van der Waals surface area (Å²) in [6, 6.07) is 50.6. The van der Waals surface area contributed by atoms with Gasteiger partial charge in [-0.1, -0.05) is 140 Å². The van der Waals surface area contributed by atoms with Crippen LogP contribution in [0.5, 0.6) is 0 Å². The number of hydrogen-bond donors (Lipinski definition) is 0. The summed E-state index contributed by atoms with van der Waals surface area (Å²) >= 11 is 0. The van der Waals surface area contributed by atoms with E-state index in [0.29, 0.717) is 44.9 Å². The molecule has 0 amide bonds. The summed E-state index contributed by atoms with van der Waals surface area (Å²) < 4.78 is 119. The van der Waals surface area contributed by atoms with E-state index in [1.54, 1.807) is 24.3 Å². The Morgan fingerprint density at radius 1 is 0.413 bits per heavy atom. The van der Waals surface area contributed by atoms with Crippen molar-refractivity contribution in [3.8, 4) is 51.0 Å². The summed E-state index contributed by atoms with van der Waals surface area (Å²) in [4.78, 5) is 13.4. The number of aryl methyl sites for hydroxylation is 6. The number of aromatic nitrogens is 3. The molecule has 5 heteroatoms. The molecule has 5 nitrogen and oxygen atoms in total. The molecule has 0 bridgehead atoms. The first kappa shape index (κ1) is 27.8. The third-order valence-electron chi connectivity index (χ3n) is 10.5. The molecule has 0 unspecified atom stereocenters. The largest absolute Gasteiger partial charge is 0.455 e. The normalized spacial score (nSPS) is 15.4. The highest BCUT2D eigenvalue weighted by Gasteiger charge is 2.19. The Morgan fingerprint density at radius 2 is 0.857 bits per heavy atom. The molecular weight excluding hydrogens is 769 g/mol. The Balaban J connectivity index is 1.05. The van der Waals surface area contributed by atoms with Gasteiger partial charge in [-0.3, -0.25) is 15.0 Å². The van der Waals surface area contributed by atoms with Gasteiger partial charge in [-0.15, -0.1) is 0 Å². The zero-order valence-corrected chi connectivity index (χ0v) is 33.7. The zero-order valence-electron chi connectivity index (χ0n) is 45.7. The number of pyridine rings is 3. The van der Waals surface area contributed by atoms with Gasteiger partial charge in [-0.25, -0.2) is 0 Å². The maximum absolute atomic E-state index is 10.1. The van der Waals surface area contributed by atoms with Crippen molar-refractivity contribution in [3.05, 3.63) is 233 Å². The second-order valence-electron chi connectivity index (χ2n) is 14.7. The molecule has 0 saturated heterocycles. The van der Waals surface area contributed by atoms with Crippen molar-refractivity contribution >= 4 is 21.9 Å². The maximum Gasteiger partial charge on any atom is 0.144 e. The van der Waals surface area contributed by atoms with Crippen LogP contribution in [0, 0.1) is 11.3 Å². The molecule has 0 fully saturated rings. The second kappa shape index (κ2) is 18.0. The minimum atomic E-state index is -3.13. The van der Waals surface area contributed by atoms with Gasteiger partial charge in [-0.2, -0.15) is 5.26 Å². The predicted octanol–water partition coefficient (Wildman–Crippen LogP) is 13.7. The number of furan rings is 1. The first-order valence-corrected chi connectivity index (χ1v) is 20.3. The van der Waals surface area contributed by atoms with Crippen molar-refractivity contribution in [2.45, 2.75) is 38.2 Å². The van der Waals surface area contributed by atoms with Crippen LogP contribution in [-0.4, -0.2) is 15.0 Å². The summed E-state index contributed by atoms with van der Waals surface area (Å²) in [6.45, 7) is 0. The van der Waals surface area contributed by atoms with Crippen LogP contribution in [0.3, 0.4) is 0 Å². The molecular formula is C58H44N4O. The van der Waals surface area contributed by atoms with E-state index in [1.165, 1.54) is 42.9 Å². The molecule has 0 aliphatic heterocycles. The van der Waals surface area contributed by atoms with E-state index in [4.69, 9.17) is 4.42 Å². The highest BCUT2D eigenvalue weighted by molar-refractivity contribution is 6.13. The molecule has 0 aliphatic rings. The third-order valence-corrected chi connectivity index (χ3v) is 10.5. The number of nitrogens with zero attached hydrogens (tertiary/aromatic N) is 4. The fourth-order valence-electron chi connectivity index (χ4n) is 7.45. The van der Waals surface area contributed by atoms with Crippen LogP contribution in [0.1, 0.15) is 55.4 Å². The number of nitriles is 1. The number of para-hydroxylation sites is 1. The van der Waals surface area contributed by atoms with Gasteiger partial charge in [0.05, 0.1) is 28.7 Å². The van der Waals surface area contributed by atoms with E-state index < -0.39 is 54.9 Å². The van der Waals surface area contributed by atoms with E-state index in [2.05, 4.69) is 21.0 Å². The second-order valence-corrected chi connectivity index (χ2v) is 14.7. The van der Waals surface area contributed by atoms with Crippen LogP contribution in [0.25, 0.3) is 66.8 Å². The lowest BCUT2D eigenvalue weighted by Gasteiger charge is -2.12. The Hall–Kier alpha value is -7.94. The van der Waals surface area contributed by atoms with Crippen LogP contribution in [0.15, 0.2) is 199 Å². The minimum absolute atomic E-state index is 0.187. The van der Waals surface area contributed by atoms with Crippen LogP contribution in [0.4, 0.5) is 0 Å². The summed E-state index contributed by atoms with van der Waals surface area (Å²) in [5, 5.41) is 11.6. The zero-order chi connectivity index (χ0) is 53.1. The van der Waals surface area contributed by atoms with E-state index >= 15 is 0 Å². The van der Waals surface area contributed by atoms with Crippen molar-refractivity contribution < 1.29 is 20.9 Å². The lowest BCUT2D eigenvalue weighted by Crippen LogP contribution is -2.00. The lowest BCUT2D eigenvalue weighted by molar-refractivity contribution is 0.670. The van der Waals surface area contributed by atoms with Crippen molar-refractivity contribution in [3.63, 3.8) is 0 Å². The molecule has 0 aliphatic carbocycles. The first-order chi connectivity index (χ1) is 35.7. The molecule has 0 N–H and O–H groups in total. The van der Waals surface area contributed by atoms with E-state index in [9.17, 15) is 21.7 Å². The fourth-order valence-corrected chi connectivity index (χ4v) is 7.45. The Kier molecular flexibility index (Phi) is 7.93.